The molecular formula is C29H28ClN5O3S. The highest BCUT2D eigenvalue weighted by Crippen LogP contribution is 2.32. The quantitative estimate of drug-likeness (QED) is 0.332. The van der Waals surface area contributed by atoms with E-state index in [9.17, 15) is 9.59 Å². The summed E-state index contributed by atoms with van der Waals surface area (Å²) >= 11 is 8.00. The Morgan fingerprint density at radius 1 is 1.13 bits per heavy atom. The lowest BCUT2D eigenvalue weighted by Crippen LogP contribution is -2.40. The number of hydrogen-bond donors (Lipinski definition) is 0. The maximum absolute atomic E-state index is 13.9. The molecule has 0 spiro atoms. The van der Waals surface area contributed by atoms with Crippen molar-refractivity contribution in [1.29, 1.82) is 0 Å². The monoisotopic (exact) mass is 561 g/mol. The van der Waals surface area contributed by atoms with E-state index in [-0.39, 0.29) is 12.2 Å². The van der Waals surface area contributed by atoms with Crippen LogP contribution in [0.1, 0.15) is 36.7 Å². The molecule has 3 heterocycles. The van der Waals surface area contributed by atoms with E-state index in [1.165, 1.54) is 11.3 Å². The van der Waals surface area contributed by atoms with Crippen LogP contribution in [0.25, 0.3) is 11.8 Å². The zero-order chi connectivity index (χ0) is 27.8. The van der Waals surface area contributed by atoms with Crippen LogP contribution in [0.3, 0.4) is 0 Å². The van der Waals surface area contributed by atoms with Gasteiger partial charge in [0.2, 0.25) is 0 Å². The molecular weight excluding hydrogens is 534 g/mol. The second-order valence-electron chi connectivity index (χ2n) is 9.33. The number of rotatable bonds is 6. The Balaban J connectivity index is 1.69. The lowest BCUT2D eigenvalue weighted by Gasteiger charge is -2.25. The minimum Gasteiger partial charge on any atom is -0.463 e. The molecule has 0 amide bonds. The van der Waals surface area contributed by atoms with Crippen LogP contribution in [-0.2, 0) is 9.53 Å². The standard InChI is InChI=1S/C29H28ClN5O3S/c1-6-38-28(37)24-18(3)31-29-34(25(24)19-12-14-20(15-13-19)33(4)5)27(36)23(39-29)16-22-17(2)32-35(26(22)30)21-10-8-7-9-11-21/h7-16,25H,6H2,1-5H3/b23-16-/t25-/m1/s1. The van der Waals surface area contributed by atoms with Crippen molar-refractivity contribution < 1.29 is 9.53 Å². The van der Waals surface area contributed by atoms with Crippen molar-refractivity contribution >= 4 is 40.7 Å². The largest absolute Gasteiger partial charge is 0.463 e. The molecule has 0 radical (unpaired) electrons. The molecule has 8 nitrogen and oxygen atoms in total. The fourth-order valence-corrected chi connectivity index (χ4v) is 5.96. The average Bonchev–Trinajstić information content (AvgIpc) is 3.38. The first-order valence-electron chi connectivity index (χ1n) is 12.5. The van der Waals surface area contributed by atoms with Crippen molar-refractivity contribution in [3.8, 4) is 5.69 Å². The van der Waals surface area contributed by atoms with Crippen LogP contribution in [0.15, 0.2) is 75.7 Å². The summed E-state index contributed by atoms with van der Waals surface area (Å²) in [5.74, 6) is -0.488. The van der Waals surface area contributed by atoms with E-state index in [2.05, 4.69) is 10.1 Å². The molecule has 0 N–H and O–H groups in total. The fraction of sp³-hybridized carbons (Fsp3) is 0.241. The van der Waals surface area contributed by atoms with Gasteiger partial charge in [-0.1, -0.05) is 53.3 Å². The summed E-state index contributed by atoms with van der Waals surface area (Å²) in [5, 5.41) is 5.00. The van der Waals surface area contributed by atoms with Crippen LogP contribution in [0, 0.1) is 6.92 Å². The smallest absolute Gasteiger partial charge is 0.338 e. The molecule has 0 bridgehead atoms. The molecule has 1 aliphatic heterocycles. The number of anilines is 1. The van der Waals surface area contributed by atoms with E-state index in [1.807, 2.05) is 80.5 Å². The lowest BCUT2D eigenvalue weighted by atomic mass is 9.95. The lowest BCUT2D eigenvalue weighted by molar-refractivity contribution is -0.139. The summed E-state index contributed by atoms with van der Waals surface area (Å²) in [6, 6.07) is 16.7. The Hall–Kier alpha value is -3.95. The number of aryl methyl sites for hydroxylation is 1. The number of benzene rings is 2. The number of carbonyl (C=O) groups is 1. The second-order valence-corrected chi connectivity index (χ2v) is 10.7. The predicted molar refractivity (Wildman–Crippen MR) is 154 cm³/mol. The van der Waals surface area contributed by atoms with Gasteiger partial charge in [0.1, 0.15) is 5.15 Å². The minimum atomic E-state index is -0.678. The molecule has 2 aromatic heterocycles. The van der Waals surface area contributed by atoms with Crippen molar-refractivity contribution in [3.63, 3.8) is 0 Å². The van der Waals surface area contributed by atoms with E-state index in [1.54, 1.807) is 29.2 Å². The van der Waals surface area contributed by atoms with Crippen LogP contribution >= 0.6 is 22.9 Å². The molecule has 0 fully saturated rings. The highest BCUT2D eigenvalue weighted by molar-refractivity contribution is 7.07. The molecule has 5 rings (SSSR count). The maximum Gasteiger partial charge on any atom is 0.338 e. The zero-order valence-electron chi connectivity index (χ0n) is 22.3. The molecule has 0 saturated carbocycles. The zero-order valence-corrected chi connectivity index (χ0v) is 23.9. The Morgan fingerprint density at radius 3 is 2.46 bits per heavy atom. The van der Waals surface area contributed by atoms with E-state index in [4.69, 9.17) is 16.3 Å². The molecule has 39 heavy (non-hydrogen) atoms. The van der Waals surface area contributed by atoms with Gasteiger partial charge in [-0.15, -0.1) is 0 Å². The number of thiazole rings is 1. The summed E-state index contributed by atoms with van der Waals surface area (Å²) in [7, 11) is 3.92. The summed E-state index contributed by atoms with van der Waals surface area (Å²) in [6.45, 7) is 5.60. The molecule has 0 aliphatic carbocycles. The number of esters is 1. The van der Waals surface area contributed by atoms with Gasteiger partial charge in [-0.3, -0.25) is 9.36 Å². The van der Waals surface area contributed by atoms with Crippen molar-refractivity contribution in [2.24, 2.45) is 4.99 Å². The number of aromatic nitrogens is 3. The summed E-state index contributed by atoms with van der Waals surface area (Å²) in [6.07, 6.45) is 1.75. The van der Waals surface area contributed by atoms with Gasteiger partial charge in [-0.05, 0) is 56.7 Å². The third kappa shape index (κ3) is 4.84. The Morgan fingerprint density at radius 2 is 1.82 bits per heavy atom. The highest BCUT2D eigenvalue weighted by Gasteiger charge is 2.33. The van der Waals surface area contributed by atoms with Gasteiger partial charge in [0.25, 0.3) is 5.56 Å². The highest BCUT2D eigenvalue weighted by atomic mass is 35.5. The Bertz CT molecular complexity index is 1770. The number of carbonyl (C=O) groups excluding carboxylic acids is 1. The van der Waals surface area contributed by atoms with Gasteiger partial charge in [-0.2, -0.15) is 5.10 Å². The topological polar surface area (TPSA) is 81.7 Å². The van der Waals surface area contributed by atoms with Crippen LogP contribution in [0.2, 0.25) is 5.15 Å². The van der Waals surface area contributed by atoms with Gasteiger partial charge < -0.3 is 9.64 Å². The first kappa shape index (κ1) is 26.6. The Labute approximate surface area is 234 Å². The minimum absolute atomic E-state index is 0.218. The number of nitrogens with zero attached hydrogens (tertiary/aromatic N) is 5. The average molecular weight is 562 g/mol. The van der Waals surface area contributed by atoms with E-state index >= 15 is 0 Å². The van der Waals surface area contributed by atoms with Crippen LogP contribution < -0.4 is 19.8 Å². The molecule has 200 valence electrons. The van der Waals surface area contributed by atoms with Gasteiger partial charge >= 0.3 is 5.97 Å². The van der Waals surface area contributed by atoms with Crippen molar-refractivity contribution in [1.82, 2.24) is 14.3 Å². The third-order valence-corrected chi connectivity index (χ3v) is 7.91. The number of fused-ring (bicyclic) bond motifs is 1. The molecule has 1 atom stereocenters. The molecule has 0 unspecified atom stereocenters. The van der Waals surface area contributed by atoms with E-state index in [0.717, 1.165) is 16.9 Å². The van der Waals surface area contributed by atoms with Crippen LogP contribution in [-0.4, -0.2) is 41.0 Å². The first-order valence-corrected chi connectivity index (χ1v) is 13.7. The van der Waals surface area contributed by atoms with E-state index in [0.29, 0.717) is 37.0 Å². The van der Waals surface area contributed by atoms with E-state index < -0.39 is 12.0 Å². The maximum atomic E-state index is 13.9. The number of allylic oxidation sites excluding steroid dienone is 1. The van der Waals surface area contributed by atoms with Gasteiger partial charge in [0.05, 0.1) is 39.8 Å². The molecule has 4 aromatic rings. The number of halogens is 1. The summed E-state index contributed by atoms with van der Waals surface area (Å²) < 4.78 is 9.05. The number of ether oxygens (including phenoxy) is 1. The SMILES string of the molecule is CCOC(=O)C1=C(C)N=c2s/c(=C\c3c(C)nn(-c4ccccc4)c3Cl)c(=O)n2[C@@H]1c1ccc(N(C)C)cc1. The number of hydrogen-bond acceptors (Lipinski definition) is 7. The summed E-state index contributed by atoms with van der Waals surface area (Å²) in [4.78, 5) is 34.2. The van der Waals surface area contributed by atoms with Crippen LogP contribution in [0.5, 0.6) is 0 Å². The predicted octanol–water partition coefficient (Wildman–Crippen LogP) is 4.01. The molecule has 2 aromatic carbocycles. The second kappa shape index (κ2) is 10.7. The molecule has 1 aliphatic rings. The third-order valence-electron chi connectivity index (χ3n) is 6.57. The first-order chi connectivity index (χ1) is 18.7. The van der Waals surface area contributed by atoms with Gasteiger partial charge in [0.15, 0.2) is 4.80 Å². The molecule has 0 saturated heterocycles. The summed E-state index contributed by atoms with van der Waals surface area (Å²) in [5.41, 5.74) is 4.56. The van der Waals surface area contributed by atoms with Crippen molar-refractivity contribution in [2.45, 2.75) is 26.8 Å². The normalized spacial score (nSPS) is 15.2. The fourth-order valence-electron chi connectivity index (χ4n) is 4.61. The van der Waals surface area contributed by atoms with Crippen molar-refractivity contribution in [2.75, 3.05) is 25.6 Å². The van der Waals surface area contributed by atoms with Crippen molar-refractivity contribution in [3.05, 3.63) is 108 Å². The number of para-hydroxylation sites is 1. The van der Waals surface area contributed by atoms with Crippen LogP contribution in [0.4, 0.5) is 5.69 Å². The van der Waals surface area contributed by atoms with Gasteiger partial charge in [0, 0.05) is 25.3 Å². The Kier molecular flexibility index (Phi) is 7.29. The van der Waals surface area contributed by atoms with Gasteiger partial charge in [-0.25, -0.2) is 14.5 Å². The molecule has 10 heteroatoms.